The van der Waals surface area contributed by atoms with Crippen LogP contribution < -0.4 is 75.4 Å². The molecule has 7 heterocycles. The number of aliphatic carboxylic acids is 3. The van der Waals surface area contributed by atoms with Gasteiger partial charge in [-0.2, -0.15) is 0 Å². The van der Waals surface area contributed by atoms with E-state index in [1.807, 2.05) is 0 Å². The van der Waals surface area contributed by atoms with E-state index < -0.39 is 152 Å². The van der Waals surface area contributed by atoms with E-state index in [1.54, 1.807) is 24.3 Å². The van der Waals surface area contributed by atoms with Crippen LogP contribution in [0.5, 0.6) is 0 Å². The number of carboxylic acids is 3. The average molecular weight is 1450 g/mol. The maximum absolute atomic E-state index is 13.9. The Morgan fingerprint density at radius 2 is 1.03 bits per heavy atom. The van der Waals surface area contributed by atoms with Crippen LogP contribution in [0.3, 0.4) is 0 Å². The lowest BCUT2D eigenvalue weighted by Gasteiger charge is -2.26. The number of unbranched alkanes of at least 4 members (excludes halogenated alkanes) is 2. The van der Waals surface area contributed by atoms with E-state index in [1.165, 1.54) is 34.1 Å². The molecule has 3 aliphatic heterocycles. The highest BCUT2D eigenvalue weighted by Crippen LogP contribution is 2.16. The van der Waals surface area contributed by atoms with Crippen LogP contribution in [-0.2, 0) is 14.4 Å². The summed E-state index contributed by atoms with van der Waals surface area (Å²) >= 11 is 10.0. The van der Waals surface area contributed by atoms with Crippen molar-refractivity contribution in [3.8, 4) is 0 Å². The number of carbonyl (C=O) groups excluding carboxylic acids is 7. The van der Waals surface area contributed by atoms with Crippen LogP contribution in [0.4, 0.5) is 16.2 Å². The number of carboxylic acid groups (broad SMARTS) is 3. The van der Waals surface area contributed by atoms with Crippen LogP contribution in [0, 0.1) is 0 Å². The second kappa shape index (κ2) is 38.6. The molecule has 101 heavy (non-hydrogen) atoms. The third-order valence-corrected chi connectivity index (χ3v) is 16.1. The van der Waals surface area contributed by atoms with Gasteiger partial charge in [0.1, 0.15) is 51.5 Å². The maximum Gasteiger partial charge on any atom is 0.326 e. The predicted molar refractivity (Wildman–Crippen MR) is 364 cm³/mol. The van der Waals surface area contributed by atoms with Crippen LogP contribution in [0.25, 0.3) is 0 Å². The first-order chi connectivity index (χ1) is 48.1. The van der Waals surface area contributed by atoms with E-state index in [2.05, 4.69) is 65.8 Å². The van der Waals surface area contributed by atoms with Crippen molar-refractivity contribution < 1.29 is 84.1 Å². The van der Waals surface area contributed by atoms with E-state index in [0.717, 1.165) is 36.4 Å². The van der Waals surface area contributed by atoms with Crippen molar-refractivity contribution in [3.63, 3.8) is 0 Å². The number of pyridine rings is 4. The molecule has 544 valence electrons. The number of fused-ring (bicyclic) bond motifs is 2. The molecule has 4 bridgehead atoms. The fourth-order valence-electron chi connectivity index (χ4n) is 10.1. The molecule has 0 fully saturated rings. The largest absolute Gasteiger partial charge is 0.481 e. The molecular weight excluding hydrogens is 1370 g/mol. The van der Waals surface area contributed by atoms with Crippen molar-refractivity contribution in [2.24, 2.45) is 0 Å². The lowest BCUT2D eigenvalue weighted by Crippen LogP contribution is -2.51. The van der Waals surface area contributed by atoms with Crippen molar-refractivity contribution in [3.05, 3.63) is 160 Å². The Kier molecular flexibility index (Phi) is 30.0. The summed E-state index contributed by atoms with van der Waals surface area (Å²) in [5.41, 5.74) is -6.96. The van der Waals surface area contributed by atoms with E-state index in [0.29, 0.717) is 43.6 Å². The number of anilines is 2. The number of thiocarbonyl (C=S) groups is 1. The minimum atomic E-state index is -1.54. The van der Waals surface area contributed by atoms with Gasteiger partial charge in [0, 0.05) is 88.3 Å². The second-order valence-corrected chi connectivity index (χ2v) is 23.7. The molecule has 0 aliphatic carbocycles. The van der Waals surface area contributed by atoms with Gasteiger partial charge in [-0.3, -0.25) is 58.1 Å². The minimum Gasteiger partial charge on any atom is -0.481 e. The highest BCUT2D eigenvalue weighted by molar-refractivity contribution is 7.81. The van der Waals surface area contributed by atoms with Gasteiger partial charge in [0.25, 0.3) is 57.7 Å². The molecule has 8 amide bonds. The summed E-state index contributed by atoms with van der Waals surface area (Å²) < 4.78 is 0.215. The van der Waals surface area contributed by atoms with Gasteiger partial charge in [-0.15, -0.1) is 31.6 Å². The number of urea groups is 1. The van der Waals surface area contributed by atoms with E-state index in [-0.39, 0.29) is 115 Å². The van der Waals surface area contributed by atoms with Crippen LogP contribution in [-0.4, -0.2) is 212 Å². The Labute approximate surface area is 584 Å². The number of carbonyl (C=O) groups is 10. The first-order valence-electron chi connectivity index (χ1n) is 31.7. The number of hydrogen-bond donors (Lipinski definition) is 18. The fraction of sp³-hybridized carbons (Fsp3) is 0.403. The zero-order valence-corrected chi connectivity index (χ0v) is 55.8. The summed E-state index contributed by atoms with van der Waals surface area (Å²) in [5.74, 6) is -9.71. The summed E-state index contributed by atoms with van der Waals surface area (Å²) in [6, 6.07) is 12.9. The normalized spacial score (nSPS) is 15.4. The molecule has 1 unspecified atom stereocenters. The number of nitrogens with one attached hydrogen (secondary N) is 10. The van der Waals surface area contributed by atoms with Crippen LogP contribution in [0.2, 0.25) is 0 Å². The minimum absolute atomic E-state index is 0.00443. The summed E-state index contributed by atoms with van der Waals surface area (Å²) in [4.78, 5) is 182. The van der Waals surface area contributed by atoms with Gasteiger partial charge in [-0.1, -0.05) is 12.1 Å². The number of aromatic nitrogens is 4. The molecule has 3 aliphatic rings. The maximum atomic E-state index is 13.9. The highest BCUT2D eigenvalue weighted by Gasteiger charge is 2.28. The molecule has 37 nitrogen and oxygen atoms in total. The average Bonchev–Trinajstić information content (AvgIpc) is 0.828. The molecule has 0 saturated carbocycles. The molecule has 0 radical (unpaired) electrons. The number of rotatable bonds is 23. The van der Waals surface area contributed by atoms with Gasteiger partial charge in [0.2, 0.25) is 0 Å². The van der Waals surface area contributed by atoms with Crippen molar-refractivity contribution in [1.82, 2.24) is 71.3 Å². The number of nitrogens with zero attached hydrogens (tertiary/aromatic N) is 6. The second-order valence-electron chi connectivity index (χ2n) is 22.8. The molecule has 0 spiro atoms. The Balaban J connectivity index is 1.07. The molecular formula is C62H78N16O21S2. The van der Waals surface area contributed by atoms with E-state index >= 15 is 0 Å². The Morgan fingerprint density at radius 1 is 0.545 bits per heavy atom. The van der Waals surface area contributed by atoms with Gasteiger partial charge < -0.3 is 93.8 Å². The molecule has 17 N–H and O–H groups in total. The molecule has 5 aromatic rings. The lowest BCUT2D eigenvalue weighted by atomic mass is 10.1. The first-order valence-corrected chi connectivity index (χ1v) is 32.6. The summed E-state index contributed by atoms with van der Waals surface area (Å²) in [7, 11) is 0. The topological polar surface area (TPSA) is 527 Å². The number of amides is 8. The SMILES string of the molecule is O=C(O)CC[C@H](NC(=O)N[C@@H](CCCCNC(S)Nc1ccc(NC(=S)NCCCC[C@H]2CNC(=O)c3ccc(c(=O)n3O)C(=O)NCCCN(C(=O)c3cccc(=O)n3O)CCCCN(C(=O)c3cccc(=O)n3O)CCCNC(=O)c3ccc(n(O)c3=O)C(=O)N2)cc1)C(=O)O)C(=O)O. The molecule has 1 aromatic carbocycles. The van der Waals surface area contributed by atoms with Gasteiger partial charge in [-0.25, -0.2) is 14.4 Å². The Hall–Kier alpha value is -11.5. The number of benzene rings is 1. The van der Waals surface area contributed by atoms with Gasteiger partial charge in [0.15, 0.2) is 5.11 Å². The summed E-state index contributed by atoms with van der Waals surface area (Å²) in [6.45, 7) is -0.383. The first kappa shape index (κ1) is 78.5. The monoisotopic (exact) mass is 1450 g/mol. The van der Waals surface area contributed by atoms with Crippen molar-refractivity contribution in [2.75, 3.05) is 69.5 Å². The fourth-order valence-corrected chi connectivity index (χ4v) is 10.6. The summed E-state index contributed by atoms with van der Waals surface area (Å²) in [5, 5.41) is 97.6. The van der Waals surface area contributed by atoms with E-state index in [4.69, 9.17) is 17.3 Å². The van der Waals surface area contributed by atoms with Crippen molar-refractivity contribution in [1.29, 1.82) is 0 Å². The molecule has 39 heteroatoms. The molecule has 4 aromatic heterocycles. The third kappa shape index (κ3) is 23.6. The zero-order chi connectivity index (χ0) is 73.9. The molecule has 8 rings (SSSR count). The van der Waals surface area contributed by atoms with Crippen molar-refractivity contribution in [2.45, 2.75) is 101 Å². The quantitative estimate of drug-likeness (QED) is 0.0132. The van der Waals surface area contributed by atoms with E-state index in [9.17, 15) is 98.2 Å². The number of hydrogen-bond acceptors (Lipinski definition) is 22. The third-order valence-electron chi connectivity index (χ3n) is 15.5. The van der Waals surface area contributed by atoms with Gasteiger partial charge in [0.05, 0.1) is 0 Å². The lowest BCUT2D eigenvalue weighted by molar-refractivity contribution is -0.140. The van der Waals surface area contributed by atoms with Gasteiger partial charge in [-0.05, 0) is 150 Å². The van der Waals surface area contributed by atoms with Crippen molar-refractivity contribution >= 4 is 101 Å². The standard InChI is InChI=1S/C62H78N16O21S2/c79-47-15-7-13-45(75(47)96)56(89)73-31-5-6-32-74(57(90)46-14-8-16-48(80)76(46)97)34-10-30-64-51(84)40-22-25-44(78(99)55(40)88)53(86)68-38(35-67-52(85)43-24-21-39(54(87)77(43)98)50(83)63-29-9-33-73)11-1-3-27-65-61(100)69-36-17-19-37(20-18-36)70-62(101)66-28-4-2-12-41(58(91)92)71-60(95)72-42(59(93)94)23-26-49(81)82/h7-8,13-22,24-25,38,41-42,62,66,70,96-99,101H,1-6,9-12,23,26-35H2,(H,63,83)(H,64,84)(H,67,85)(H,68,86)(H,81,82)(H,91,92)(H,93,94)(H2,65,69,100)(H2,71,72,95)/t38-,41-,42-,62?/m0/s1. The zero-order valence-electron chi connectivity index (χ0n) is 54.1. The Morgan fingerprint density at radius 3 is 1.54 bits per heavy atom. The summed E-state index contributed by atoms with van der Waals surface area (Å²) in [6.07, 6.45) is 1.10. The number of thiol groups is 1. The smallest absolute Gasteiger partial charge is 0.326 e. The highest BCUT2D eigenvalue weighted by atomic mass is 32.1. The van der Waals surface area contributed by atoms with Crippen LogP contribution >= 0.6 is 24.8 Å². The molecule has 0 saturated heterocycles. The molecule has 4 atom stereocenters. The van der Waals surface area contributed by atoms with Gasteiger partial charge >= 0.3 is 23.9 Å². The predicted octanol–water partition coefficient (Wildman–Crippen LogP) is -0.258. The Bertz CT molecular complexity index is 4090. The van der Waals surface area contributed by atoms with Crippen LogP contribution in [0.1, 0.15) is 140 Å². The van der Waals surface area contributed by atoms with Crippen LogP contribution in [0.15, 0.2) is 104 Å².